The predicted molar refractivity (Wildman–Crippen MR) is 230 cm³/mol. The van der Waals surface area contributed by atoms with Gasteiger partial charge < -0.3 is 40.1 Å². The summed E-state index contributed by atoms with van der Waals surface area (Å²) < 4.78 is 21.1. The van der Waals surface area contributed by atoms with E-state index < -0.39 is 11.5 Å². The summed E-state index contributed by atoms with van der Waals surface area (Å²) >= 11 is 0. The number of hydrogen-bond acceptors (Lipinski definition) is 12. The first-order valence-electron chi connectivity index (χ1n) is 21.9. The van der Waals surface area contributed by atoms with Crippen molar-refractivity contribution in [2.24, 2.45) is 5.92 Å². The maximum atomic E-state index is 15.4. The molecule has 1 aliphatic carbocycles. The van der Waals surface area contributed by atoms with Crippen LogP contribution in [0.2, 0.25) is 0 Å². The van der Waals surface area contributed by atoms with Crippen molar-refractivity contribution in [1.82, 2.24) is 25.5 Å². The minimum Gasteiger partial charge on any atom is -0.495 e. The first-order valence-corrected chi connectivity index (χ1v) is 21.9. The lowest BCUT2D eigenvalue weighted by Crippen LogP contribution is -2.55. The van der Waals surface area contributed by atoms with E-state index in [2.05, 4.69) is 35.6 Å². The number of likely N-dealkylation sites (tertiary alicyclic amines) is 1. The molecule has 326 valence electrons. The van der Waals surface area contributed by atoms with Gasteiger partial charge in [0.25, 0.3) is 5.91 Å². The first-order chi connectivity index (χ1) is 29.5. The van der Waals surface area contributed by atoms with Crippen LogP contribution >= 0.6 is 0 Å². The second kappa shape index (κ2) is 17.9. The van der Waals surface area contributed by atoms with Crippen molar-refractivity contribution in [2.75, 3.05) is 73.5 Å². The molecule has 0 radical (unpaired) electrons. The number of aliphatic hydroxyl groups excluding tert-OH is 1. The molecule has 2 aromatic carbocycles. The number of rotatable bonds is 13. The number of amides is 4. The summed E-state index contributed by atoms with van der Waals surface area (Å²) in [5, 5.41) is 19.0. The van der Waals surface area contributed by atoms with E-state index in [0.29, 0.717) is 91.1 Å². The smallest absolute Gasteiger partial charge is 0.251 e. The molecule has 3 atom stereocenters. The normalized spacial score (nSPS) is 24.0. The number of likely N-dealkylation sites (N-methyl/N-ethyl adjacent to an activating group) is 1. The number of anilines is 5. The number of aliphatic hydroxyl groups is 1. The predicted octanol–water partition coefficient (Wildman–Crippen LogP) is 4.87. The number of ether oxygens (including phenoxy) is 1. The summed E-state index contributed by atoms with van der Waals surface area (Å²) in [6.07, 6.45) is 10.2. The first kappa shape index (κ1) is 42.3. The van der Waals surface area contributed by atoms with Gasteiger partial charge in [0.2, 0.25) is 23.7 Å². The number of nitrogens with one attached hydrogen (secondary N) is 3. The number of benzene rings is 2. The molecular weight excluding hydrogens is 782 g/mol. The molecule has 1 aromatic heterocycles. The molecule has 15 nitrogen and oxygen atoms in total. The van der Waals surface area contributed by atoms with Gasteiger partial charge in [-0.1, -0.05) is 25.8 Å². The van der Waals surface area contributed by atoms with Crippen molar-refractivity contribution in [3.8, 4) is 5.75 Å². The monoisotopic (exact) mass is 839 g/mol. The molecule has 16 heteroatoms. The molecule has 3 aromatic rings. The third-order valence-electron chi connectivity index (χ3n) is 13.6. The summed E-state index contributed by atoms with van der Waals surface area (Å²) in [6.45, 7) is 5.62. The van der Waals surface area contributed by atoms with Crippen LogP contribution in [-0.4, -0.2) is 115 Å². The molecule has 0 bridgehead atoms. The summed E-state index contributed by atoms with van der Waals surface area (Å²) in [5.41, 5.74) is 2.21. The van der Waals surface area contributed by atoms with Gasteiger partial charge in [0.15, 0.2) is 5.82 Å². The lowest BCUT2D eigenvalue weighted by molar-refractivity contribution is -0.134. The van der Waals surface area contributed by atoms with Gasteiger partial charge >= 0.3 is 0 Å². The van der Waals surface area contributed by atoms with E-state index in [9.17, 15) is 24.3 Å². The number of imide groups is 1. The number of carbonyl (C=O) groups excluding carboxylic acids is 4. The minimum atomic E-state index is -0.600. The molecule has 5 aliphatic rings. The van der Waals surface area contributed by atoms with E-state index in [1.807, 2.05) is 6.92 Å². The second-order valence-electron chi connectivity index (χ2n) is 17.4. The van der Waals surface area contributed by atoms with Gasteiger partial charge in [-0.25, -0.2) is 9.37 Å². The molecule has 3 unspecified atom stereocenters. The maximum absolute atomic E-state index is 15.4. The Morgan fingerprint density at radius 2 is 1.82 bits per heavy atom. The van der Waals surface area contributed by atoms with Crippen molar-refractivity contribution in [3.63, 3.8) is 0 Å². The summed E-state index contributed by atoms with van der Waals surface area (Å²) in [4.78, 5) is 68.9. The van der Waals surface area contributed by atoms with Gasteiger partial charge in [-0.15, -0.1) is 0 Å². The molecule has 1 saturated carbocycles. The van der Waals surface area contributed by atoms with Crippen LogP contribution in [0.25, 0.3) is 0 Å². The molecule has 3 saturated heterocycles. The van der Waals surface area contributed by atoms with Crippen LogP contribution in [0.5, 0.6) is 5.75 Å². The Kier molecular flexibility index (Phi) is 12.5. The number of halogens is 1. The number of aromatic nitrogens is 2. The highest BCUT2D eigenvalue weighted by atomic mass is 19.1. The number of methoxy groups -OCH3 is 1. The van der Waals surface area contributed by atoms with Crippen molar-refractivity contribution in [2.45, 2.75) is 101 Å². The van der Waals surface area contributed by atoms with E-state index in [1.54, 1.807) is 55.6 Å². The van der Waals surface area contributed by atoms with Crippen LogP contribution in [0.1, 0.15) is 99.4 Å². The summed E-state index contributed by atoms with van der Waals surface area (Å²) in [6, 6.07) is 10.1. The van der Waals surface area contributed by atoms with Crippen molar-refractivity contribution < 1.29 is 33.4 Å². The van der Waals surface area contributed by atoms with Crippen molar-refractivity contribution in [3.05, 3.63) is 59.5 Å². The topological polar surface area (TPSA) is 173 Å². The number of carbonyl (C=O) groups is 4. The Labute approximate surface area is 356 Å². The second-order valence-corrected chi connectivity index (χ2v) is 17.4. The SMILES string of the molecule is CCC1C(=O)N(C)c2cnc(Nc3ccc(C(=O)NC4(CCO)CCN(CC5CCN(c6ccc(C7CCC(=O)NC7=O)cc6F)CC5)C4)cc3OC)nc2N1C1CCCC1. The van der Waals surface area contributed by atoms with Crippen molar-refractivity contribution in [1.29, 1.82) is 0 Å². The van der Waals surface area contributed by atoms with E-state index in [0.717, 1.165) is 57.4 Å². The van der Waals surface area contributed by atoms with E-state index in [-0.39, 0.29) is 54.6 Å². The number of nitrogens with zero attached hydrogens (tertiary/aromatic N) is 6. The number of fused-ring (bicyclic) bond motifs is 1. The van der Waals surface area contributed by atoms with E-state index in [4.69, 9.17) is 9.72 Å². The fourth-order valence-electron chi connectivity index (χ4n) is 10.2. The Balaban J connectivity index is 0.881. The molecule has 0 spiro atoms. The fraction of sp³-hybridized carbons (Fsp3) is 0.556. The Hall–Kier alpha value is -5.35. The van der Waals surface area contributed by atoms with Crippen LogP contribution in [0.15, 0.2) is 42.6 Å². The lowest BCUT2D eigenvalue weighted by Gasteiger charge is -2.43. The quantitative estimate of drug-likeness (QED) is 0.173. The third-order valence-corrected chi connectivity index (χ3v) is 13.6. The van der Waals surface area contributed by atoms with Gasteiger partial charge in [0.1, 0.15) is 23.3 Å². The molecule has 8 rings (SSSR count). The zero-order valence-corrected chi connectivity index (χ0v) is 35.4. The number of piperidine rings is 2. The van der Waals surface area contributed by atoms with Crippen LogP contribution in [0.4, 0.5) is 33.2 Å². The van der Waals surface area contributed by atoms with E-state index >= 15 is 4.39 Å². The third kappa shape index (κ3) is 8.74. The molecule has 61 heavy (non-hydrogen) atoms. The summed E-state index contributed by atoms with van der Waals surface area (Å²) in [7, 11) is 3.32. The number of hydrogen-bond donors (Lipinski definition) is 4. The van der Waals surface area contributed by atoms with Gasteiger partial charge in [-0.3, -0.25) is 24.5 Å². The van der Waals surface area contributed by atoms with Crippen LogP contribution in [0.3, 0.4) is 0 Å². The Bertz CT molecular complexity index is 2140. The average molecular weight is 840 g/mol. The Morgan fingerprint density at radius 1 is 1.03 bits per heavy atom. The molecule has 4 amide bonds. The van der Waals surface area contributed by atoms with Gasteiger partial charge in [-0.05, 0) is 93.2 Å². The summed E-state index contributed by atoms with van der Waals surface area (Å²) in [5.74, 6) is 0.191. The minimum absolute atomic E-state index is 0.0538. The van der Waals surface area contributed by atoms with Crippen molar-refractivity contribution >= 4 is 52.5 Å². The van der Waals surface area contributed by atoms with Gasteiger partial charge in [0, 0.05) is 64.4 Å². The van der Waals surface area contributed by atoms with Gasteiger partial charge in [0.05, 0.1) is 36.1 Å². The van der Waals surface area contributed by atoms with Gasteiger partial charge in [-0.2, -0.15) is 4.98 Å². The fourth-order valence-corrected chi connectivity index (χ4v) is 10.2. The maximum Gasteiger partial charge on any atom is 0.251 e. The largest absolute Gasteiger partial charge is 0.495 e. The molecule has 4 N–H and O–H groups in total. The van der Waals surface area contributed by atoms with Crippen LogP contribution < -0.4 is 35.4 Å². The average Bonchev–Trinajstić information content (AvgIpc) is 3.93. The Morgan fingerprint density at radius 3 is 2.52 bits per heavy atom. The highest BCUT2D eigenvalue weighted by molar-refractivity contribution is 6.04. The van der Waals surface area contributed by atoms with Crippen LogP contribution in [-0.2, 0) is 14.4 Å². The molecule has 5 heterocycles. The molecule has 4 aliphatic heterocycles. The zero-order chi connectivity index (χ0) is 42.8. The highest BCUT2D eigenvalue weighted by Crippen LogP contribution is 2.41. The lowest BCUT2D eigenvalue weighted by atomic mass is 9.90. The van der Waals surface area contributed by atoms with Crippen LogP contribution in [0, 0.1) is 11.7 Å². The standard InChI is InChI=1S/C45H58FN9O6/c1-4-35-43(60)52(2)37-25-47-44(50-40(37)55(35)31-7-5-6-8-31)48-34-12-9-30(24-38(34)61-3)41(58)51-45(18-22-56)17-21-53(27-45)26-28-15-19-54(20-16-28)36-13-10-29(23-33(36)46)32-11-14-39(57)49-42(32)59/h9-10,12-13,23-25,28,31-32,35,56H,4-8,11,14-22,26-27H2,1-3H3,(H,51,58)(H,47,48,50)(H,49,57,59). The highest BCUT2D eigenvalue weighted by Gasteiger charge is 2.42. The molecular formula is C45H58FN9O6. The van der Waals surface area contributed by atoms with E-state index in [1.165, 1.54) is 6.07 Å². The zero-order valence-electron chi connectivity index (χ0n) is 35.4. The molecule has 4 fully saturated rings.